The fourth-order valence-corrected chi connectivity index (χ4v) is 4.58. The maximum absolute atomic E-state index is 12.6. The van der Waals surface area contributed by atoms with Gasteiger partial charge in [0.15, 0.2) is 11.5 Å². The van der Waals surface area contributed by atoms with E-state index in [2.05, 4.69) is 5.32 Å². The first-order valence-electron chi connectivity index (χ1n) is 8.50. The van der Waals surface area contributed by atoms with Gasteiger partial charge in [0.2, 0.25) is 10.0 Å². The predicted molar refractivity (Wildman–Crippen MR) is 104 cm³/mol. The van der Waals surface area contributed by atoms with Crippen LogP contribution in [0.4, 0.5) is 11.4 Å². The van der Waals surface area contributed by atoms with E-state index in [9.17, 15) is 13.2 Å². The summed E-state index contributed by atoms with van der Waals surface area (Å²) in [4.78, 5) is 12.6. The molecule has 0 aromatic heterocycles. The Hall–Kier alpha value is -2.74. The maximum atomic E-state index is 12.6. The third kappa shape index (κ3) is 3.85. The Labute approximate surface area is 158 Å². The molecule has 8 heteroatoms. The zero-order valence-corrected chi connectivity index (χ0v) is 16.3. The molecule has 0 unspecified atom stereocenters. The second-order valence-electron chi connectivity index (χ2n) is 6.26. The Morgan fingerprint density at radius 2 is 1.70 bits per heavy atom. The van der Waals surface area contributed by atoms with E-state index >= 15 is 0 Å². The van der Waals surface area contributed by atoms with Crippen LogP contribution in [-0.4, -0.2) is 40.8 Å². The normalized spacial score (nSPS) is 15.4. The molecule has 0 aliphatic carbocycles. The number of nitrogens with zero attached hydrogens (tertiary/aromatic N) is 1. The van der Waals surface area contributed by atoms with Gasteiger partial charge in [0.05, 0.1) is 25.7 Å². The number of sulfonamides is 1. The first-order chi connectivity index (χ1) is 12.9. The highest BCUT2D eigenvalue weighted by atomic mass is 32.2. The molecule has 1 amide bonds. The number of ether oxygens (including phenoxy) is 2. The van der Waals surface area contributed by atoms with Gasteiger partial charge in [0.25, 0.3) is 5.91 Å². The van der Waals surface area contributed by atoms with Crippen molar-refractivity contribution in [3.8, 4) is 11.5 Å². The molecular formula is C19H22N2O5S. The van der Waals surface area contributed by atoms with Crippen molar-refractivity contribution in [2.24, 2.45) is 0 Å². The fraction of sp³-hybridized carbons (Fsp3) is 0.316. The van der Waals surface area contributed by atoms with E-state index in [1.165, 1.54) is 11.4 Å². The topological polar surface area (TPSA) is 84.9 Å². The van der Waals surface area contributed by atoms with Gasteiger partial charge in [-0.15, -0.1) is 0 Å². The molecule has 1 saturated heterocycles. The van der Waals surface area contributed by atoms with Crippen molar-refractivity contribution in [1.29, 1.82) is 0 Å². The van der Waals surface area contributed by atoms with Crippen molar-refractivity contribution in [1.82, 2.24) is 0 Å². The highest BCUT2D eigenvalue weighted by Crippen LogP contribution is 2.33. The molecule has 1 aliphatic rings. The smallest absolute Gasteiger partial charge is 0.255 e. The summed E-state index contributed by atoms with van der Waals surface area (Å²) in [6.45, 7) is 2.33. The van der Waals surface area contributed by atoms with Crippen LogP contribution < -0.4 is 19.1 Å². The number of hydrogen-bond donors (Lipinski definition) is 1. The van der Waals surface area contributed by atoms with E-state index in [-0.39, 0.29) is 11.7 Å². The van der Waals surface area contributed by atoms with Gasteiger partial charge in [-0.1, -0.05) is 0 Å². The van der Waals surface area contributed by atoms with E-state index in [4.69, 9.17) is 9.47 Å². The quantitative estimate of drug-likeness (QED) is 0.849. The summed E-state index contributed by atoms with van der Waals surface area (Å²) in [7, 11) is -0.150. The average molecular weight is 390 g/mol. The molecule has 0 spiro atoms. The number of anilines is 2. The number of benzene rings is 2. The van der Waals surface area contributed by atoms with E-state index in [1.54, 1.807) is 43.5 Å². The van der Waals surface area contributed by atoms with Crippen molar-refractivity contribution in [3.63, 3.8) is 0 Å². The molecule has 0 bridgehead atoms. The van der Waals surface area contributed by atoms with Crippen molar-refractivity contribution in [2.75, 3.05) is 36.1 Å². The summed E-state index contributed by atoms with van der Waals surface area (Å²) < 4.78 is 35.9. The number of rotatable bonds is 5. The molecular weight excluding hydrogens is 368 g/mol. The largest absolute Gasteiger partial charge is 0.493 e. The van der Waals surface area contributed by atoms with Gasteiger partial charge in [0.1, 0.15) is 0 Å². The third-order valence-electron chi connectivity index (χ3n) is 4.50. The zero-order chi connectivity index (χ0) is 19.6. The Balaban J connectivity index is 1.79. The first kappa shape index (κ1) is 19.0. The lowest BCUT2D eigenvalue weighted by Gasteiger charge is -2.17. The molecule has 1 fully saturated rings. The maximum Gasteiger partial charge on any atom is 0.255 e. The number of amides is 1. The van der Waals surface area contributed by atoms with Crippen molar-refractivity contribution in [2.45, 2.75) is 13.3 Å². The Morgan fingerprint density at radius 1 is 1.07 bits per heavy atom. The Bertz CT molecular complexity index is 955. The molecule has 0 radical (unpaired) electrons. The number of nitrogens with one attached hydrogen (secondary N) is 1. The molecule has 27 heavy (non-hydrogen) atoms. The van der Waals surface area contributed by atoms with Crippen LogP contribution in [0.5, 0.6) is 11.5 Å². The monoisotopic (exact) mass is 390 g/mol. The standard InChI is InChI=1S/C19H22N2O5S/c1-13-11-17(25-2)18(26-3)12-16(13)20-19(22)14-5-7-15(8-6-14)21-9-4-10-27(21,23)24/h5-8,11-12H,4,9-10H2,1-3H3,(H,20,22). The van der Waals surface area contributed by atoms with Crippen LogP contribution in [0.3, 0.4) is 0 Å². The van der Waals surface area contributed by atoms with Crippen LogP contribution in [0.2, 0.25) is 0 Å². The Morgan fingerprint density at radius 3 is 2.26 bits per heavy atom. The molecule has 3 rings (SSSR count). The molecule has 2 aromatic rings. The van der Waals surface area contributed by atoms with Gasteiger partial charge in [-0.3, -0.25) is 9.10 Å². The number of hydrogen-bond acceptors (Lipinski definition) is 5. The summed E-state index contributed by atoms with van der Waals surface area (Å²) in [6, 6.07) is 10.0. The van der Waals surface area contributed by atoms with Gasteiger partial charge in [-0.2, -0.15) is 0 Å². The average Bonchev–Trinajstić information content (AvgIpc) is 3.02. The summed E-state index contributed by atoms with van der Waals surface area (Å²) >= 11 is 0. The molecule has 0 saturated carbocycles. The highest BCUT2D eigenvalue weighted by molar-refractivity contribution is 7.93. The van der Waals surface area contributed by atoms with E-state index in [0.29, 0.717) is 41.4 Å². The van der Waals surface area contributed by atoms with Crippen LogP contribution in [-0.2, 0) is 10.0 Å². The molecule has 2 aromatic carbocycles. The molecule has 1 heterocycles. The second-order valence-corrected chi connectivity index (χ2v) is 8.28. The molecule has 144 valence electrons. The lowest BCUT2D eigenvalue weighted by atomic mass is 10.1. The van der Waals surface area contributed by atoms with Crippen molar-refractivity contribution in [3.05, 3.63) is 47.5 Å². The predicted octanol–water partition coefficient (Wildman–Crippen LogP) is 2.80. The first-order valence-corrected chi connectivity index (χ1v) is 10.1. The SMILES string of the molecule is COc1cc(C)c(NC(=O)c2ccc(N3CCCS3(=O)=O)cc2)cc1OC. The number of aryl methyl sites for hydroxylation is 1. The van der Waals surface area contributed by atoms with Crippen LogP contribution >= 0.6 is 0 Å². The van der Waals surface area contributed by atoms with Gasteiger partial charge >= 0.3 is 0 Å². The van der Waals surface area contributed by atoms with Gasteiger partial charge < -0.3 is 14.8 Å². The summed E-state index contributed by atoms with van der Waals surface area (Å²) in [6.07, 6.45) is 0.614. The van der Waals surface area contributed by atoms with Crippen LogP contribution in [0, 0.1) is 6.92 Å². The highest BCUT2D eigenvalue weighted by Gasteiger charge is 2.28. The summed E-state index contributed by atoms with van der Waals surface area (Å²) in [5.41, 5.74) is 2.46. The van der Waals surface area contributed by atoms with Crippen LogP contribution in [0.1, 0.15) is 22.3 Å². The minimum absolute atomic E-state index is 0.161. The van der Waals surface area contributed by atoms with Crippen molar-refractivity contribution < 1.29 is 22.7 Å². The van der Waals surface area contributed by atoms with Crippen LogP contribution in [0.15, 0.2) is 36.4 Å². The molecule has 1 aliphatic heterocycles. The minimum atomic E-state index is -3.23. The molecule has 1 N–H and O–H groups in total. The van der Waals surface area contributed by atoms with Gasteiger partial charge in [0, 0.05) is 23.9 Å². The third-order valence-corrected chi connectivity index (χ3v) is 6.37. The lowest BCUT2D eigenvalue weighted by Crippen LogP contribution is -2.25. The van der Waals surface area contributed by atoms with E-state index < -0.39 is 10.0 Å². The summed E-state index contributed by atoms with van der Waals surface area (Å²) in [5, 5.41) is 2.85. The van der Waals surface area contributed by atoms with E-state index in [1.807, 2.05) is 6.92 Å². The van der Waals surface area contributed by atoms with Gasteiger partial charge in [-0.25, -0.2) is 8.42 Å². The number of carbonyl (C=O) groups excluding carboxylic acids is 1. The lowest BCUT2D eigenvalue weighted by molar-refractivity contribution is 0.102. The number of carbonyl (C=O) groups is 1. The Kier molecular flexibility index (Phi) is 5.27. The zero-order valence-electron chi connectivity index (χ0n) is 15.5. The number of methoxy groups -OCH3 is 2. The molecule has 0 atom stereocenters. The van der Waals surface area contributed by atoms with E-state index in [0.717, 1.165) is 5.56 Å². The summed E-state index contributed by atoms with van der Waals surface area (Å²) in [5.74, 6) is 0.978. The van der Waals surface area contributed by atoms with Crippen molar-refractivity contribution >= 4 is 27.3 Å². The second kappa shape index (κ2) is 7.48. The van der Waals surface area contributed by atoms with Gasteiger partial charge in [-0.05, 0) is 49.2 Å². The minimum Gasteiger partial charge on any atom is -0.493 e. The fourth-order valence-electron chi connectivity index (χ4n) is 3.02. The molecule has 7 nitrogen and oxygen atoms in total. The van der Waals surface area contributed by atoms with Crippen LogP contribution in [0.25, 0.3) is 0 Å².